The molecule has 2 aromatic rings. The van der Waals surface area contributed by atoms with Crippen molar-refractivity contribution >= 4 is 64.9 Å². The Labute approximate surface area is 154 Å². The van der Waals surface area contributed by atoms with Gasteiger partial charge < -0.3 is 10.1 Å². The number of benzene rings is 1. The molecule has 112 valence electrons. The van der Waals surface area contributed by atoms with Gasteiger partial charge in [-0.15, -0.1) is 35.3 Å². The van der Waals surface area contributed by atoms with Gasteiger partial charge in [0.25, 0.3) is 0 Å². The quantitative estimate of drug-likeness (QED) is 0.648. The molecule has 0 amide bonds. The number of nitrogens with one attached hydrogen (secondary N) is 1. The van der Waals surface area contributed by atoms with Crippen molar-refractivity contribution in [1.29, 1.82) is 0 Å². The first kappa shape index (κ1) is 15.6. The van der Waals surface area contributed by atoms with Crippen LogP contribution in [0.3, 0.4) is 0 Å². The molecule has 0 fully saturated rings. The second-order valence-corrected chi connectivity index (χ2v) is 6.69. The lowest BCUT2D eigenvalue weighted by Gasteiger charge is -2.03. The topological polar surface area (TPSA) is 34.1 Å². The van der Waals surface area contributed by atoms with Gasteiger partial charge in [-0.05, 0) is 36.4 Å². The van der Waals surface area contributed by atoms with Gasteiger partial charge in [-0.2, -0.15) is 0 Å². The van der Waals surface area contributed by atoms with Crippen LogP contribution in [0.25, 0.3) is 12.2 Å². The normalized spacial score (nSPS) is 16.8. The van der Waals surface area contributed by atoms with Crippen molar-refractivity contribution in [2.24, 2.45) is 0 Å². The fourth-order valence-corrected chi connectivity index (χ4v) is 3.90. The highest BCUT2D eigenvalue weighted by Gasteiger charge is 2.14. The molecule has 0 radical (unpaired) electrons. The highest BCUT2D eigenvalue weighted by molar-refractivity contribution is 14.0. The first-order valence-corrected chi connectivity index (χ1v) is 8.24. The fourth-order valence-electron chi connectivity index (χ4n) is 2.13. The molecule has 2 aliphatic rings. The molecule has 0 bridgehead atoms. The van der Waals surface area contributed by atoms with Crippen molar-refractivity contribution in [3.05, 3.63) is 57.4 Å². The van der Waals surface area contributed by atoms with Crippen LogP contribution in [-0.4, -0.2) is 11.6 Å². The summed E-state index contributed by atoms with van der Waals surface area (Å²) < 4.78 is 5.47. The van der Waals surface area contributed by atoms with E-state index in [0.29, 0.717) is 6.61 Å². The molecule has 0 spiro atoms. The third kappa shape index (κ3) is 3.23. The van der Waals surface area contributed by atoms with Crippen molar-refractivity contribution in [3.8, 4) is 5.88 Å². The largest absolute Gasteiger partial charge is 0.472 e. The molecule has 0 aliphatic carbocycles. The molecule has 2 aliphatic heterocycles. The van der Waals surface area contributed by atoms with Crippen LogP contribution in [0.15, 0.2) is 52.4 Å². The van der Waals surface area contributed by atoms with Gasteiger partial charge >= 0.3 is 0 Å². The first-order valence-electron chi connectivity index (χ1n) is 6.61. The Morgan fingerprint density at radius 3 is 3.05 bits per heavy atom. The van der Waals surface area contributed by atoms with Gasteiger partial charge in [0.2, 0.25) is 5.88 Å². The molecule has 0 unspecified atom stereocenters. The predicted molar refractivity (Wildman–Crippen MR) is 105 cm³/mol. The summed E-state index contributed by atoms with van der Waals surface area (Å²) in [5, 5.41) is 5.48. The van der Waals surface area contributed by atoms with Gasteiger partial charge in [0, 0.05) is 4.90 Å². The smallest absolute Gasteiger partial charge is 0.232 e. The maximum absolute atomic E-state index is 5.47. The first-order chi connectivity index (χ1) is 10.4. The minimum Gasteiger partial charge on any atom is -0.472 e. The lowest BCUT2D eigenvalue weighted by molar-refractivity contribution is 0.346. The van der Waals surface area contributed by atoms with Crippen molar-refractivity contribution < 1.29 is 4.74 Å². The Morgan fingerprint density at radius 1 is 1.27 bits per heavy atom. The van der Waals surface area contributed by atoms with Crippen LogP contribution in [0.1, 0.15) is 9.88 Å². The monoisotopic (exact) mass is 440 g/mol. The molecule has 0 saturated carbocycles. The van der Waals surface area contributed by atoms with Gasteiger partial charge in [0.15, 0.2) is 0 Å². The van der Waals surface area contributed by atoms with Crippen LogP contribution in [0, 0.1) is 0 Å². The molecule has 3 heterocycles. The van der Waals surface area contributed by atoms with E-state index >= 15 is 0 Å². The van der Waals surface area contributed by atoms with Gasteiger partial charge in [-0.3, -0.25) is 0 Å². The molecule has 22 heavy (non-hydrogen) atoms. The van der Waals surface area contributed by atoms with E-state index in [-0.39, 0.29) is 24.0 Å². The number of ether oxygens (including phenoxy) is 1. The van der Waals surface area contributed by atoms with Gasteiger partial charge in [-0.1, -0.05) is 30.0 Å². The summed E-state index contributed by atoms with van der Waals surface area (Å²) in [6.45, 7) is 0.614. The van der Waals surface area contributed by atoms with E-state index in [0.717, 1.165) is 20.8 Å². The van der Waals surface area contributed by atoms with Crippen LogP contribution >= 0.6 is 47.1 Å². The molecule has 1 aromatic carbocycles. The van der Waals surface area contributed by atoms with Gasteiger partial charge in [0.1, 0.15) is 11.6 Å². The predicted octanol–water partition coefficient (Wildman–Crippen LogP) is 5.24. The Bertz CT molecular complexity index is 753. The van der Waals surface area contributed by atoms with Crippen molar-refractivity contribution in [1.82, 2.24) is 4.98 Å². The van der Waals surface area contributed by atoms with Crippen molar-refractivity contribution in [3.63, 3.8) is 0 Å². The molecule has 0 saturated heterocycles. The van der Waals surface area contributed by atoms with Crippen molar-refractivity contribution in [2.45, 2.75) is 4.90 Å². The van der Waals surface area contributed by atoms with E-state index in [1.807, 2.05) is 24.3 Å². The maximum Gasteiger partial charge on any atom is 0.232 e. The number of fused-ring (bicyclic) bond motifs is 2. The summed E-state index contributed by atoms with van der Waals surface area (Å²) >= 11 is 3.38. The number of thiazole rings is 1. The number of hydrogen-bond donors (Lipinski definition) is 1. The third-order valence-corrected chi connectivity index (χ3v) is 5.07. The lowest BCUT2D eigenvalue weighted by atomic mass is 10.3. The van der Waals surface area contributed by atoms with Crippen molar-refractivity contribution in [2.75, 3.05) is 11.9 Å². The molecular weight excluding hydrogens is 427 g/mol. The summed E-state index contributed by atoms with van der Waals surface area (Å²) in [6.07, 6.45) is 10.2. The van der Waals surface area contributed by atoms with E-state index in [9.17, 15) is 0 Å². The Kier molecular flexibility index (Phi) is 4.90. The molecule has 3 nitrogen and oxygen atoms in total. The zero-order valence-corrected chi connectivity index (χ0v) is 15.4. The Balaban J connectivity index is 0.00000144. The second-order valence-electron chi connectivity index (χ2n) is 4.55. The van der Waals surface area contributed by atoms with E-state index < -0.39 is 0 Å². The van der Waals surface area contributed by atoms with E-state index in [1.165, 1.54) is 10.6 Å². The Morgan fingerprint density at radius 2 is 2.18 bits per heavy atom. The standard InChI is InChI=1S/C16H12N2OS2.HI/c1-2-6-12-11(5-1)17-14(20-12)8-3-9-15-18-16-13(21-15)7-4-10-19-16;/h1-9,17H,10H2;1H. The van der Waals surface area contributed by atoms with E-state index in [1.54, 1.807) is 23.1 Å². The van der Waals surface area contributed by atoms with E-state index in [4.69, 9.17) is 4.74 Å². The number of rotatable bonds is 2. The van der Waals surface area contributed by atoms with Crippen LogP contribution < -0.4 is 10.1 Å². The van der Waals surface area contributed by atoms with Crippen LogP contribution in [-0.2, 0) is 0 Å². The molecule has 1 N–H and O–H groups in total. The van der Waals surface area contributed by atoms with E-state index in [2.05, 4.69) is 40.7 Å². The average Bonchev–Trinajstić information content (AvgIpc) is 3.09. The lowest BCUT2D eigenvalue weighted by Crippen LogP contribution is -1.98. The van der Waals surface area contributed by atoms with Gasteiger partial charge in [-0.25, -0.2) is 4.98 Å². The van der Waals surface area contributed by atoms with Crippen LogP contribution in [0.4, 0.5) is 5.69 Å². The van der Waals surface area contributed by atoms with Crippen LogP contribution in [0.5, 0.6) is 5.88 Å². The maximum atomic E-state index is 5.47. The number of anilines is 1. The minimum atomic E-state index is 0. The number of hydrogen-bond acceptors (Lipinski definition) is 5. The highest BCUT2D eigenvalue weighted by atomic mass is 127. The molecular formula is C16H13IN2OS2. The number of nitrogens with zero attached hydrogens (tertiary/aromatic N) is 1. The molecule has 0 atom stereocenters. The molecule has 1 aromatic heterocycles. The average molecular weight is 440 g/mol. The number of thioether (sulfide) groups is 1. The summed E-state index contributed by atoms with van der Waals surface area (Å²) in [5.41, 5.74) is 1.17. The summed E-state index contributed by atoms with van der Waals surface area (Å²) in [7, 11) is 0. The third-order valence-electron chi connectivity index (χ3n) is 3.07. The van der Waals surface area contributed by atoms with Crippen LogP contribution in [0.2, 0.25) is 0 Å². The number of halogens is 1. The summed E-state index contributed by atoms with van der Waals surface area (Å²) in [6, 6.07) is 8.31. The number of aromatic nitrogens is 1. The fraction of sp³-hybridized carbons (Fsp3) is 0.0625. The highest BCUT2D eigenvalue weighted by Crippen LogP contribution is 2.40. The second kappa shape index (κ2) is 6.89. The zero-order chi connectivity index (χ0) is 14.1. The number of para-hydroxylation sites is 1. The SMILES string of the molecule is C(=Cc1nc2c(s1)C=CCO2)C=C1Nc2ccccc2S1.I. The summed E-state index contributed by atoms with van der Waals surface area (Å²) in [5.74, 6) is 0.746. The minimum absolute atomic E-state index is 0. The molecule has 6 heteroatoms. The number of allylic oxidation sites excluding steroid dienone is 2. The summed E-state index contributed by atoms with van der Waals surface area (Å²) in [4.78, 5) is 6.81. The molecule has 4 rings (SSSR count). The van der Waals surface area contributed by atoms with Gasteiger partial charge in [0.05, 0.1) is 15.6 Å². The zero-order valence-electron chi connectivity index (χ0n) is 11.5. The Hall–Kier alpha value is -1.25.